The monoisotopic (exact) mass is 332 g/mol. The van der Waals surface area contributed by atoms with Crippen molar-refractivity contribution in [3.8, 4) is 11.3 Å². The molecule has 2 heterocycles. The number of carbonyl (C=O) groups excluding carboxylic acids is 1. The summed E-state index contributed by atoms with van der Waals surface area (Å²) in [6.45, 7) is -0.0245. The van der Waals surface area contributed by atoms with E-state index in [4.69, 9.17) is 5.11 Å². The van der Waals surface area contributed by atoms with Crippen LogP contribution in [-0.4, -0.2) is 40.5 Å². The topological polar surface area (TPSA) is 96.2 Å². The Morgan fingerprint density at radius 3 is 2.26 bits per heavy atom. The molecule has 0 fully saturated rings. The number of methoxy groups -OCH3 is 1. The molecule has 0 saturated heterocycles. The minimum atomic E-state index is -4.85. The number of carbonyl (C=O) groups is 2. The minimum absolute atomic E-state index is 0.0245. The van der Waals surface area contributed by atoms with Crippen molar-refractivity contribution in [2.45, 2.75) is 12.7 Å². The van der Waals surface area contributed by atoms with Gasteiger partial charge in [0.1, 0.15) is 0 Å². The third-order valence-electron chi connectivity index (χ3n) is 2.44. The van der Waals surface area contributed by atoms with Crippen LogP contribution in [-0.2, 0) is 20.9 Å². The van der Waals surface area contributed by atoms with Gasteiger partial charge in [-0.15, -0.1) is 0 Å². The van der Waals surface area contributed by atoms with Crippen LogP contribution in [0.4, 0.5) is 13.2 Å². The summed E-state index contributed by atoms with van der Waals surface area (Å²) in [6, 6.07) is 5.55. The lowest BCUT2D eigenvalue weighted by Gasteiger charge is -1.99. The van der Waals surface area contributed by atoms with Gasteiger partial charge < -0.3 is 9.84 Å². The van der Waals surface area contributed by atoms with Crippen molar-refractivity contribution >= 4 is 11.9 Å². The van der Waals surface area contributed by atoms with Crippen LogP contribution >= 0.6 is 0 Å². The number of alkyl halides is 3. The number of pyridine rings is 1. The Morgan fingerprint density at radius 1 is 1.30 bits per heavy atom. The minimum Gasteiger partial charge on any atom is -0.477 e. The van der Waals surface area contributed by atoms with Gasteiger partial charge in [-0.2, -0.15) is 22.8 Å². The summed E-state index contributed by atoms with van der Waals surface area (Å²) in [4.78, 5) is 19.9. The van der Waals surface area contributed by atoms with E-state index in [1.807, 2.05) is 18.2 Å². The van der Waals surface area contributed by atoms with Crippen molar-refractivity contribution in [1.29, 1.82) is 0 Å². The molecular formula is C13H13F3N3O4+. The van der Waals surface area contributed by atoms with Gasteiger partial charge >= 0.3 is 18.1 Å². The summed E-state index contributed by atoms with van der Waals surface area (Å²) in [7, 11) is 0.676. The third-order valence-corrected chi connectivity index (χ3v) is 2.44. The zero-order chi connectivity index (χ0) is 17.5. The first-order chi connectivity index (χ1) is 10.7. The van der Waals surface area contributed by atoms with E-state index in [0.717, 1.165) is 11.3 Å². The Kier molecular flexibility index (Phi) is 6.24. The van der Waals surface area contributed by atoms with E-state index >= 15 is 0 Å². The van der Waals surface area contributed by atoms with Crippen LogP contribution in [0.5, 0.6) is 0 Å². The SMILES string of the molecule is COC(=O)C(F)(F)F.O=C(O)C[n+]1ccc(-c2ccn[nH]2)cc1. The van der Waals surface area contributed by atoms with Gasteiger partial charge in [0, 0.05) is 23.9 Å². The fraction of sp³-hybridized carbons (Fsp3) is 0.231. The maximum atomic E-state index is 11.0. The first-order valence-corrected chi connectivity index (χ1v) is 6.10. The lowest BCUT2D eigenvalue weighted by molar-refractivity contribution is -0.685. The molecule has 0 bridgehead atoms. The summed E-state index contributed by atoms with van der Waals surface area (Å²) in [5.41, 5.74) is 1.90. The van der Waals surface area contributed by atoms with Crippen molar-refractivity contribution in [2.75, 3.05) is 7.11 Å². The molecule has 0 aliphatic rings. The quantitative estimate of drug-likeness (QED) is 0.650. The number of nitrogens with one attached hydrogen (secondary N) is 1. The molecule has 23 heavy (non-hydrogen) atoms. The van der Waals surface area contributed by atoms with Crippen molar-refractivity contribution in [2.24, 2.45) is 0 Å². The van der Waals surface area contributed by atoms with Crippen molar-refractivity contribution in [3.05, 3.63) is 36.8 Å². The fourth-order valence-corrected chi connectivity index (χ4v) is 1.43. The molecule has 0 saturated carbocycles. The van der Waals surface area contributed by atoms with Gasteiger partial charge in [0.25, 0.3) is 0 Å². The van der Waals surface area contributed by atoms with Crippen molar-refractivity contribution < 1.29 is 37.2 Å². The molecule has 2 aromatic rings. The molecule has 0 aliphatic heterocycles. The van der Waals surface area contributed by atoms with Gasteiger partial charge in [0.05, 0.1) is 12.8 Å². The Bertz CT molecular complexity index is 639. The second kappa shape index (κ2) is 7.92. The number of aromatic amines is 1. The fourth-order valence-electron chi connectivity index (χ4n) is 1.43. The highest BCUT2D eigenvalue weighted by atomic mass is 19.4. The molecular weight excluding hydrogens is 319 g/mol. The molecule has 10 heteroatoms. The number of rotatable bonds is 3. The molecule has 0 aromatic carbocycles. The third kappa shape index (κ3) is 6.16. The molecule has 7 nitrogen and oxygen atoms in total. The lowest BCUT2D eigenvalue weighted by Crippen LogP contribution is -2.36. The first kappa shape index (κ1) is 18.1. The summed E-state index contributed by atoms with van der Waals surface area (Å²) in [6.07, 6.45) is 0.275. The Morgan fingerprint density at radius 2 is 1.91 bits per heavy atom. The second-order valence-electron chi connectivity index (χ2n) is 4.11. The van der Waals surface area contributed by atoms with E-state index < -0.39 is 18.1 Å². The van der Waals surface area contributed by atoms with Gasteiger partial charge in [0.15, 0.2) is 12.4 Å². The van der Waals surface area contributed by atoms with Crippen LogP contribution in [0.2, 0.25) is 0 Å². The molecule has 2 N–H and O–H groups in total. The highest BCUT2D eigenvalue weighted by Crippen LogP contribution is 2.15. The molecule has 2 aromatic heterocycles. The predicted molar refractivity (Wildman–Crippen MR) is 69.9 cm³/mol. The van der Waals surface area contributed by atoms with E-state index in [0.29, 0.717) is 7.11 Å². The average molecular weight is 332 g/mol. The van der Waals surface area contributed by atoms with Gasteiger partial charge in [-0.05, 0) is 6.07 Å². The number of carboxylic acid groups (broad SMARTS) is 1. The Hall–Kier alpha value is -2.91. The van der Waals surface area contributed by atoms with E-state index in [9.17, 15) is 22.8 Å². The largest absolute Gasteiger partial charge is 0.490 e. The maximum Gasteiger partial charge on any atom is 0.490 e. The number of halogens is 3. The number of esters is 1. The molecule has 0 aliphatic carbocycles. The van der Waals surface area contributed by atoms with Crippen LogP contribution in [0.1, 0.15) is 0 Å². The zero-order valence-electron chi connectivity index (χ0n) is 11.9. The molecule has 2 rings (SSSR count). The van der Waals surface area contributed by atoms with Gasteiger partial charge in [0.2, 0.25) is 6.54 Å². The Balaban J connectivity index is 0.000000284. The molecule has 124 valence electrons. The molecule has 0 atom stereocenters. The second-order valence-corrected chi connectivity index (χ2v) is 4.11. The highest BCUT2D eigenvalue weighted by Gasteiger charge is 2.39. The number of H-pyrrole nitrogens is 1. The van der Waals surface area contributed by atoms with Crippen LogP contribution in [0.25, 0.3) is 11.3 Å². The maximum absolute atomic E-state index is 11.0. The van der Waals surface area contributed by atoms with E-state index in [1.54, 1.807) is 23.2 Å². The molecule has 0 spiro atoms. The molecule has 0 amide bonds. The van der Waals surface area contributed by atoms with E-state index in [1.165, 1.54) is 0 Å². The van der Waals surface area contributed by atoms with Crippen LogP contribution in [0.15, 0.2) is 36.8 Å². The molecule has 0 radical (unpaired) electrons. The smallest absolute Gasteiger partial charge is 0.477 e. The summed E-state index contributed by atoms with van der Waals surface area (Å²) in [5.74, 6) is -3.02. The standard InChI is InChI=1S/C10H9N3O2.C3H3F3O2/c14-10(15)7-13-5-2-8(3-6-13)9-1-4-11-12-9;1-8-2(7)3(4,5)6/h1-6H,7H2,(H,14,15);1H3/p+1. The van der Waals surface area contributed by atoms with Gasteiger partial charge in [-0.25, -0.2) is 9.59 Å². The van der Waals surface area contributed by atoms with Crippen molar-refractivity contribution in [1.82, 2.24) is 10.2 Å². The van der Waals surface area contributed by atoms with Crippen LogP contribution in [0, 0.1) is 0 Å². The Labute approximate surface area is 128 Å². The normalized spacial score (nSPS) is 10.4. The van der Waals surface area contributed by atoms with Crippen LogP contribution in [0.3, 0.4) is 0 Å². The summed E-state index contributed by atoms with van der Waals surface area (Å²) >= 11 is 0. The molecule has 0 unspecified atom stereocenters. The number of aliphatic carboxylic acids is 1. The number of hydrogen-bond donors (Lipinski definition) is 2. The number of hydrogen-bond acceptors (Lipinski definition) is 4. The van der Waals surface area contributed by atoms with Gasteiger partial charge in [-0.1, -0.05) is 0 Å². The van der Waals surface area contributed by atoms with E-state index in [2.05, 4.69) is 14.9 Å². The summed E-state index contributed by atoms with van der Waals surface area (Å²) < 4.78 is 37.9. The average Bonchev–Trinajstić information content (AvgIpc) is 3.00. The number of nitrogens with zero attached hydrogens (tertiary/aromatic N) is 2. The van der Waals surface area contributed by atoms with E-state index in [-0.39, 0.29) is 6.54 Å². The van der Waals surface area contributed by atoms with Crippen LogP contribution < -0.4 is 4.57 Å². The lowest BCUT2D eigenvalue weighted by atomic mass is 10.2. The van der Waals surface area contributed by atoms with Gasteiger partial charge in [-0.3, -0.25) is 5.10 Å². The number of aromatic nitrogens is 3. The number of ether oxygens (including phenoxy) is 1. The number of carboxylic acids is 1. The first-order valence-electron chi connectivity index (χ1n) is 6.10. The van der Waals surface area contributed by atoms with Crippen molar-refractivity contribution in [3.63, 3.8) is 0 Å². The highest BCUT2D eigenvalue weighted by molar-refractivity contribution is 5.75. The summed E-state index contributed by atoms with van der Waals surface area (Å²) in [5, 5.41) is 15.3. The zero-order valence-corrected chi connectivity index (χ0v) is 11.9. The predicted octanol–water partition coefficient (Wildman–Crippen LogP) is 1.17.